The van der Waals surface area contributed by atoms with Crippen molar-refractivity contribution in [1.82, 2.24) is 0 Å². The number of aliphatic hydroxyl groups excluding tert-OH is 1. The molecule has 2 N–H and O–H groups in total. The summed E-state index contributed by atoms with van der Waals surface area (Å²) in [5.74, 6) is 0.204. The van der Waals surface area contributed by atoms with Gasteiger partial charge in [0.2, 0.25) is 0 Å². The third-order valence-corrected chi connectivity index (χ3v) is 3.46. The van der Waals surface area contributed by atoms with Crippen molar-refractivity contribution < 1.29 is 14.2 Å². The number of hydrogen-bond acceptors (Lipinski definition) is 3. The second-order valence-electron chi connectivity index (χ2n) is 4.71. The van der Waals surface area contributed by atoms with Crippen molar-refractivity contribution in [2.24, 2.45) is 0 Å². The minimum atomic E-state index is -0.687. The van der Waals surface area contributed by atoms with Crippen LogP contribution in [0.25, 0.3) is 0 Å². The molecule has 0 aliphatic heterocycles. The Morgan fingerprint density at radius 3 is 2.67 bits per heavy atom. The molecule has 0 aromatic heterocycles. The zero-order valence-corrected chi connectivity index (χ0v) is 12.4. The van der Waals surface area contributed by atoms with E-state index in [0.717, 1.165) is 11.3 Å². The molecule has 1 atom stereocenters. The molecule has 0 aliphatic rings. The summed E-state index contributed by atoms with van der Waals surface area (Å²) in [6.07, 6.45) is -0.687. The van der Waals surface area contributed by atoms with Gasteiger partial charge in [-0.3, -0.25) is 0 Å². The molecule has 3 nitrogen and oxygen atoms in total. The molecule has 0 fully saturated rings. The smallest absolute Gasteiger partial charge is 0.123 e. The van der Waals surface area contributed by atoms with E-state index in [1.54, 1.807) is 0 Å². The molecule has 2 rings (SSSR count). The summed E-state index contributed by atoms with van der Waals surface area (Å²) in [6.45, 7) is 2.37. The highest BCUT2D eigenvalue weighted by Gasteiger charge is 2.07. The van der Waals surface area contributed by atoms with Crippen LogP contribution in [0.2, 0.25) is 5.02 Å². The molecule has 2 aromatic carbocycles. The number of rotatable bonds is 6. The van der Waals surface area contributed by atoms with Crippen molar-refractivity contribution in [3.63, 3.8) is 0 Å². The van der Waals surface area contributed by atoms with E-state index in [1.807, 2.05) is 25.1 Å². The van der Waals surface area contributed by atoms with Crippen LogP contribution < -0.4 is 10.1 Å². The number of ether oxygens (including phenoxy) is 1. The van der Waals surface area contributed by atoms with E-state index in [0.29, 0.717) is 17.3 Å². The van der Waals surface area contributed by atoms with Crippen molar-refractivity contribution in [3.05, 3.63) is 58.9 Å². The number of halogens is 2. The molecule has 2 aromatic rings. The van der Waals surface area contributed by atoms with E-state index in [9.17, 15) is 9.50 Å². The lowest BCUT2D eigenvalue weighted by Gasteiger charge is -2.15. The Morgan fingerprint density at radius 2 is 1.95 bits per heavy atom. The molecular weight excluding hydrogens is 293 g/mol. The highest BCUT2D eigenvalue weighted by molar-refractivity contribution is 6.31. The molecule has 0 amide bonds. The first-order valence-electron chi connectivity index (χ1n) is 6.61. The van der Waals surface area contributed by atoms with E-state index in [1.165, 1.54) is 24.3 Å². The predicted molar refractivity (Wildman–Crippen MR) is 82.6 cm³/mol. The van der Waals surface area contributed by atoms with Gasteiger partial charge in [-0.2, -0.15) is 0 Å². The van der Waals surface area contributed by atoms with Gasteiger partial charge in [-0.15, -0.1) is 0 Å². The van der Waals surface area contributed by atoms with Gasteiger partial charge in [0, 0.05) is 17.3 Å². The monoisotopic (exact) mass is 309 g/mol. The summed E-state index contributed by atoms with van der Waals surface area (Å²) >= 11 is 6.03. The first-order chi connectivity index (χ1) is 10.1. The Balaban J connectivity index is 1.80. The molecule has 0 radical (unpaired) electrons. The molecule has 1 unspecified atom stereocenters. The summed E-state index contributed by atoms with van der Waals surface area (Å²) < 4.78 is 18.1. The van der Waals surface area contributed by atoms with Crippen LogP contribution in [0.1, 0.15) is 5.56 Å². The predicted octanol–water partition coefficient (Wildman–Crippen LogP) is 3.64. The summed E-state index contributed by atoms with van der Waals surface area (Å²) in [6, 6.07) is 11.2. The topological polar surface area (TPSA) is 41.5 Å². The molecule has 21 heavy (non-hydrogen) atoms. The maximum absolute atomic E-state index is 12.7. The Kier molecular flexibility index (Phi) is 5.42. The lowest BCUT2D eigenvalue weighted by Crippen LogP contribution is -2.26. The van der Waals surface area contributed by atoms with Gasteiger partial charge in [-0.1, -0.05) is 17.7 Å². The minimum absolute atomic E-state index is 0.123. The summed E-state index contributed by atoms with van der Waals surface area (Å²) in [5, 5.41) is 13.7. The van der Waals surface area contributed by atoms with E-state index in [-0.39, 0.29) is 12.4 Å². The maximum Gasteiger partial charge on any atom is 0.123 e. The van der Waals surface area contributed by atoms with Crippen LogP contribution in [0.15, 0.2) is 42.5 Å². The van der Waals surface area contributed by atoms with Gasteiger partial charge in [0.25, 0.3) is 0 Å². The van der Waals surface area contributed by atoms with Crippen LogP contribution in [-0.4, -0.2) is 24.4 Å². The van der Waals surface area contributed by atoms with Crippen molar-refractivity contribution >= 4 is 17.3 Å². The molecule has 0 saturated carbocycles. The normalized spacial score (nSPS) is 12.0. The Morgan fingerprint density at radius 1 is 1.24 bits per heavy atom. The SMILES string of the molecule is Cc1c(Cl)cccc1NCC(O)COc1ccc(F)cc1. The van der Waals surface area contributed by atoms with Gasteiger partial charge in [-0.05, 0) is 48.9 Å². The number of hydrogen-bond donors (Lipinski definition) is 2. The second kappa shape index (κ2) is 7.29. The van der Waals surface area contributed by atoms with Crippen LogP contribution in [0.4, 0.5) is 10.1 Å². The van der Waals surface area contributed by atoms with Gasteiger partial charge in [0.05, 0.1) is 0 Å². The van der Waals surface area contributed by atoms with Gasteiger partial charge >= 0.3 is 0 Å². The Labute approximate surface area is 128 Å². The fourth-order valence-corrected chi connectivity index (χ4v) is 1.98. The first kappa shape index (κ1) is 15.6. The van der Waals surface area contributed by atoms with Gasteiger partial charge in [-0.25, -0.2) is 4.39 Å². The maximum atomic E-state index is 12.7. The van der Waals surface area contributed by atoms with Gasteiger partial charge < -0.3 is 15.2 Å². The van der Waals surface area contributed by atoms with Crippen LogP contribution >= 0.6 is 11.6 Å². The van der Waals surface area contributed by atoms with Crippen molar-refractivity contribution in [1.29, 1.82) is 0 Å². The third-order valence-electron chi connectivity index (χ3n) is 3.05. The van der Waals surface area contributed by atoms with Crippen LogP contribution in [0.5, 0.6) is 5.75 Å². The molecule has 0 heterocycles. The van der Waals surface area contributed by atoms with Gasteiger partial charge in [0.15, 0.2) is 0 Å². The van der Waals surface area contributed by atoms with Crippen molar-refractivity contribution in [3.8, 4) is 5.75 Å². The number of aliphatic hydroxyl groups is 1. The molecule has 0 saturated heterocycles. The fourth-order valence-electron chi connectivity index (χ4n) is 1.81. The zero-order chi connectivity index (χ0) is 15.2. The molecule has 5 heteroatoms. The van der Waals surface area contributed by atoms with E-state index < -0.39 is 6.10 Å². The second-order valence-corrected chi connectivity index (χ2v) is 5.12. The van der Waals surface area contributed by atoms with Crippen molar-refractivity contribution in [2.45, 2.75) is 13.0 Å². The summed E-state index contributed by atoms with van der Waals surface area (Å²) in [4.78, 5) is 0. The van der Waals surface area contributed by atoms with E-state index in [4.69, 9.17) is 16.3 Å². The molecule has 0 spiro atoms. The van der Waals surface area contributed by atoms with Crippen LogP contribution in [0.3, 0.4) is 0 Å². The highest BCUT2D eigenvalue weighted by Crippen LogP contribution is 2.22. The lowest BCUT2D eigenvalue weighted by atomic mass is 10.2. The minimum Gasteiger partial charge on any atom is -0.491 e. The molecule has 112 valence electrons. The summed E-state index contributed by atoms with van der Waals surface area (Å²) in [5.41, 5.74) is 1.81. The van der Waals surface area contributed by atoms with Crippen LogP contribution in [-0.2, 0) is 0 Å². The average molecular weight is 310 g/mol. The van der Waals surface area contributed by atoms with Crippen LogP contribution in [0, 0.1) is 12.7 Å². The molecular formula is C16H17ClFNO2. The number of nitrogens with one attached hydrogen (secondary N) is 1. The van der Waals surface area contributed by atoms with Crippen molar-refractivity contribution in [2.75, 3.05) is 18.5 Å². The highest BCUT2D eigenvalue weighted by atomic mass is 35.5. The third kappa shape index (κ3) is 4.62. The quantitative estimate of drug-likeness (QED) is 0.856. The average Bonchev–Trinajstić information content (AvgIpc) is 2.48. The molecule has 0 bridgehead atoms. The first-order valence-corrected chi connectivity index (χ1v) is 6.99. The largest absolute Gasteiger partial charge is 0.491 e. The van der Waals surface area contributed by atoms with E-state index in [2.05, 4.69) is 5.32 Å². The number of benzene rings is 2. The molecule has 0 aliphatic carbocycles. The van der Waals surface area contributed by atoms with Gasteiger partial charge in [0.1, 0.15) is 24.3 Å². The van der Waals surface area contributed by atoms with E-state index >= 15 is 0 Å². The fraction of sp³-hybridized carbons (Fsp3) is 0.250. The number of anilines is 1. The standard InChI is InChI=1S/C16H17ClFNO2/c1-11-15(17)3-2-4-16(11)19-9-13(20)10-21-14-7-5-12(18)6-8-14/h2-8,13,19-20H,9-10H2,1H3. The Bertz CT molecular complexity index is 589. The summed E-state index contributed by atoms with van der Waals surface area (Å²) in [7, 11) is 0. The lowest BCUT2D eigenvalue weighted by molar-refractivity contribution is 0.117. The Hall–Kier alpha value is -1.78. The zero-order valence-electron chi connectivity index (χ0n) is 11.6.